The van der Waals surface area contributed by atoms with E-state index in [1.165, 1.54) is 16.4 Å². The van der Waals surface area contributed by atoms with E-state index in [1.807, 2.05) is 54.6 Å². The molecular formula is C19H21N7O2S. The molecule has 3 aromatic rings. The summed E-state index contributed by atoms with van der Waals surface area (Å²) in [4.78, 5) is 12.1. The molecule has 4 N–H and O–H groups in total. The molecule has 9 nitrogen and oxygen atoms in total. The van der Waals surface area contributed by atoms with E-state index in [-0.39, 0.29) is 17.6 Å². The number of ether oxygens (including phenoxy) is 1. The number of amides is 1. The third-order valence-electron chi connectivity index (χ3n) is 3.82. The zero-order chi connectivity index (χ0) is 20.5. The molecule has 0 atom stereocenters. The van der Waals surface area contributed by atoms with E-state index in [4.69, 9.17) is 10.6 Å². The van der Waals surface area contributed by atoms with Gasteiger partial charge >= 0.3 is 0 Å². The van der Waals surface area contributed by atoms with Crippen molar-refractivity contribution in [2.75, 3.05) is 24.1 Å². The normalized spacial score (nSPS) is 10.8. The van der Waals surface area contributed by atoms with Gasteiger partial charge in [-0.3, -0.25) is 4.79 Å². The van der Waals surface area contributed by atoms with E-state index in [2.05, 4.69) is 26.0 Å². The molecule has 10 heteroatoms. The molecule has 0 aliphatic heterocycles. The largest absolute Gasteiger partial charge is 0.497 e. The van der Waals surface area contributed by atoms with Crippen molar-refractivity contribution in [1.29, 1.82) is 0 Å². The number of aromatic nitrogens is 3. The van der Waals surface area contributed by atoms with Gasteiger partial charge in [0, 0.05) is 6.54 Å². The van der Waals surface area contributed by atoms with Crippen molar-refractivity contribution in [3.63, 3.8) is 0 Å². The number of hydrogen-bond acceptors (Lipinski definition) is 8. The van der Waals surface area contributed by atoms with Crippen molar-refractivity contribution in [3.05, 3.63) is 65.7 Å². The molecule has 29 heavy (non-hydrogen) atoms. The maximum atomic E-state index is 12.1. The first-order valence-electron chi connectivity index (χ1n) is 8.73. The van der Waals surface area contributed by atoms with Crippen LogP contribution in [0.3, 0.4) is 0 Å². The second-order valence-corrected chi connectivity index (χ2v) is 6.81. The van der Waals surface area contributed by atoms with Crippen LogP contribution in [-0.4, -0.2) is 39.9 Å². The number of nitrogen functional groups attached to an aromatic ring is 1. The van der Waals surface area contributed by atoms with Crippen LogP contribution in [-0.2, 0) is 11.3 Å². The molecule has 0 fully saturated rings. The predicted molar refractivity (Wildman–Crippen MR) is 113 cm³/mol. The van der Waals surface area contributed by atoms with Crippen molar-refractivity contribution in [2.45, 2.75) is 11.7 Å². The molecule has 0 aliphatic carbocycles. The standard InChI is InChI=1S/C19H21N7O2S/c1-28-16-9-7-15(8-10-16)11-21-17(27)13-29-19-25-24-18(26(19)20)23-22-12-14-5-3-2-4-6-14/h2-10,12H,11,13,20H2,1H3,(H,21,27)(H,23,24)/b22-12+. The molecule has 0 saturated heterocycles. The summed E-state index contributed by atoms with van der Waals surface area (Å²) in [5.41, 5.74) is 4.65. The van der Waals surface area contributed by atoms with E-state index >= 15 is 0 Å². The molecule has 2 aromatic carbocycles. The number of benzene rings is 2. The minimum absolute atomic E-state index is 0.134. The number of nitrogens with one attached hydrogen (secondary N) is 2. The van der Waals surface area contributed by atoms with E-state index < -0.39 is 0 Å². The van der Waals surface area contributed by atoms with Crippen LogP contribution >= 0.6 is 11.8 Å². The van der Waals surface area contributed by atoms with Crippen molar-refractivity contribution >= 4 is 29.8 Å². The van der Waals surface area contributed by atoms with Gasteiger partial charge < -0.3 is 15.9 Å². The maximum Gasteiger partial charge on any atom is 0.264 e. The van der Waals surface area contributed by atoms with Crippen LogP contribution in [0.15, 0.2) is 64.9 Å². The van der Waals surface area contributed by atoms with Crippen LogP contribution < -0.4 is 21.3 Å². The third-order valence-corrected chi connectivity index (χ3v) is 4.77. The Morgan fingerprint density at radius 2 is 1.97 bits per heavy atom. The first kappa shape index (κ1) is 20.2. The minimum Gasteiger partial charge on any atom is -0.497 e. The molecule has 0 aliphatic rings. The van der Waals surface area contributed by atoms with Crippen LogP contribution in [0.25, 0.3) is 0 Å². The number of carbonyl (C=O) groups is 1. The molecule has 0 radical (unpaired) electrons. The number of thioether (sulfide) groups is 1. The van der Waals surface area contributed by atoms with Gasteiger partial charge in [-0.2, -0.15) is 5.10 Å². The second-order valence-electron chi connectivity index (χ2n) is 5.87. The Morgan fingerprint density at radius 3 is 2.69 bits per heavy atom. The Bertz CT molecular complexity index is 958. The van der Waals surface area contributed by atoms with Gasteiger partial charge in [-0.1, -0.05) is 54.2 Å². The summed E-state index contributed by atoms with van der Waals surface area (Å²) >= 11 is 1.19. The van der Waals surface area contributed by atoms with Gasteiger partial charge in [-0.15, -0.1) is 10.2 Å². The van der Waals surface area contributed by atoms with Crippen molar-refractivity contribution < 1.29 is 9.53 Å². The van der Waals surface area contributed by atoms with Crippen LogP contribution in [0.4, 0.5) is 5.95 Å². The monoisotopic (exact) mass is 411 g/mol. The zero-order valence-corrected chi connectivity index (χ0v) is 16.6. The van der Waals surface area contributed by atoms with Gasteiger partial charge in [-0.25, -0.2) is 10.1 Å². The predicted octanol–water partition coefficient (Wildman–Crippen LogP) is 1.85. The summed E-state index contributed by atoms with van der Waals surface area (Å²) in [7, 11) is 1.61. The number of anilines is 1. The molecule has 0 unspecified atom stereocenters. The lowest BCUT2D eigenvalue weighted by molar-refractivity contribution is -0.118. The molecule has 0 saturated carbocycles. The van der Waals surface area contributed by atoms with Crippen LogP contribution in [0, 0.1) is 0 Å². The lowest BCUT2D eigenvalue weighted by Gasteiger charge is -2.06. The number of hydrazone groups is 1. The lowest BCUT2D eigenvalue weighted by Crippen LogP contribution is -2.25. The molecule has 0 bridgehead atoms. The number of hydrogen-bond donors (Lipinski definition) is 3. The maximum absolute atomic E-state index is 12.1. The first-order chi connectivity index (χ1) is 14.2. The van der Waals surface area contributed by atoms with Crippen molar-refractivity contribution in [2.24, 2.45) is 5.10 Å². The van der Waals surface area contributed by atoms with Crippen LogP contribution in [0.5, 0.6) is 5.75 Å². The van der Waals surface area contributed by atoms with Gasteiger partial charge in [0.15, 0.2) is 0 Å². The van der Waals surface area contributed by atoms with Gasteiger partial charge in [0.25, 0.3) is 5.95 Å². The summed E-state index contributed by atoms with van der Waals surface area (Å²) in [5.74, 6) is 7.03. The fourth-order valence-corrected chi connectivity index (χ4v) is 2.97. The van der Waals surface area contributed by atoms with Crippen molar-refractivity contribution in [3.8, 4) is 5.75 Å². The number of rotatable bonds is 9. The van der Waals surface area contributed by atoms with E-state index in [0.717, 1.165) is 16.9 Å². The van der Waals surface area contributed by atoms with Gasteiger partial charge in [0.1, 0.15) is 5.75 Å². The average molecular weight is 411 g/mol. The van der Waals surface area contributed by atoms with E-state index in [0.29, 0.717) is 11.7 Å². The molecule has 3 rings (SSSR count). The zero-order valence-electron chi connectivity index (χ0n) is 15.8. The number of carbonyl (C=O) groups excluding carboxylic acids is 1. The van der Waals surface area contributed by atoms with Gasteiger partial charge in [0.2, 0.25) is 11.1 Å². The molecule has 150 valence electrons. The average Bonchev–Trinajstić information content (AvgIpc) is 3.11. The fraction of sp³-hybridized carbons (Fsp3) is 0.158. The Kier molecular flexibility index (Phi) is 7.06. The van der Waals surface area contributed by atoms with Gasteiger partial charge in [-0.05, 0) is 23.3 Å². The Balaban J connectivity index is 1.45. The highest BCUT2D eigenvalue weighted by molar-refractivity contribution is 7.99. The molecular weight excluding hydrogens is 390 g/mol. The highest BCUT2D eigenvalue weighted by Gasteiger charge is 2.11. The highest BCUT2D eigenvalue weighted by atomic mass is 32.2. The summed E-state index contributed by atoms with van der Waals surface area (Å²) < 4.78 is 6.36. The SMILES string of the molecule is COc1ccc(CNC(=O)CSc2nnc(N/N=C/c3ccccc3)n2N)cc1. The third kappa shape index (κ3) is 5.98. The van der Waals surface area contributed by atoms with E-state index in [9.17, 15) is 4.79 Å². The topological polar surface area (TPSA) is 119 Å². The number of nitrogens with zero attached hydrogens (tertiary/aromatic N) is 4. The molecule has 0 spiro atoms. The Hall–Kier alpha value is -3.53. The molecule has 1 aromatic heterocycles. The molecule has 1 amide bonds. The van der Waals surface area contributed by atoms with Crippen molar-refractivity contribution in [1.82, 2.24) is 20.2 Å². The smallest absolute Gasteiger partial charge is 0.264 e. The number of nitrogens with two attached hydrogens (primary N) is 1. The first-order valence-corrected chi connectivity index (χ1v) is 9.71. The fourth-order valence-electron chi connectivity index (χ4n) is 2.28. The summed E-state index contributed by atoms with van der Waals surface area (Å²) in [6.07, 6.45) is 1.65. The number of methoxy groups -OCH3 is 1. The second kappa shape index (κ2) is 10.1. The van der Waals surface area contributed by atoms with Crippen LogP contribution in [0.1, 0.15) is 11.1 Å². The highest BCUT2D eigenvalue weighted by Crippen LogP contribution is 2.16. The quantitative estimate of drug-likeness (QED) is 0.213. The summed E-state index contributed by atoms with van der Waals surface area (Å²) in [6, 6.07) is 17.1. The Morgan fingerprint density at radius 1 is 1.21 bits per heavy atom. The van der Waals surface area contributed by atoms with Crippen LogP contribution in [0.2, 0.25) is 0 Å². The van der Waals surface area contributed by atoms with Gasteiger partial charge in [0.05, 0.1) is 19.1 Å². The minimum atomic E-state index is -0.134. The Labute approximate surface area is 172 Å². The summed E-state index contributed by atoms with van der Waals surface area (Å²) in [6.45, 7) is 0.430. The lowest BCUT2D eigenvalue weighted by atomic mass is 10.2. The molecule has 1 heterocycles. The van der Waals surface area contributed by atoms with E-state index in [1.54, 1.807) is 13.3 Å². The summed E-state index contributed by atoms with van der Waals surface area (Å²) in [5, 5.41) is 15.2.